The SMILES string of the molecule is CC(=O)OCCOc1ccc(-n2cccn2)c(C(C)Oc2cc3cc(C(=O)O)ccc3nc2N2C(=O)c3ccccc3C2=O)n1. The number of ether oxygens (including phenoxy) is 3. The molecule has 2 amide bonds. The zero-order chi connectivity index (χ0) is 31.7. The fraction of sp³-hybridized carbons (Fsp3) is 0.156. The Morgan fingerprint density at radius 1 is 0.933 bits per heavy atom. The first-order valence-electron chi connectivity index (χ1n) is 13.8. The summed E-state index contributed by atoms with van der Waals surface area (Å²) in [7, 11) is 0. The molecule has 13 nitrogen and oxygen atoms in total. The van der Waals surface area contributed by atoms with Gasteiger partial charge in [-0.1, -0.05) is 12.1 Å². The topological polar surface area (TPSA) is 163 Å². The molecule has 45 heavy (non-hydrogen) atoms. The quantitative estimate of drug-likeness (QED) is 0.136. The molecule has 2 aromatic carbocycles. The van der Waals surface area contributed by atoms with E-state index in [9.17, 15) is 24.3 Å². The molecular formula is C32H25N5O8. The van der Waals surface area contributed by atoms with Crippen LogP contribution >= 0.6 is 0 Å². The number of anilines is 1. The van der Waals surface area contributed by atoms with Gasteiger partial charge in [-0.15, -0.1) is 0 Å². The monoisotopic (exact) mass is 607 g/mol. The summed E-state index contributed by atoms with van der Waals surface area (Å²) in [4.78, 5) is 59.9. The molecule has 4 heterocycles. The van der Waals surface area contributed by atoms with E-state index in [0.717, 1.165) is 4.90 Å². The van der Waals surface area contributed by atoms with Gasteiger partial charge in [-0.05, 0) is 55.5 Å². The zero-order valence-electron chi connectivity index (χ0n) is 24.0. The minimum absolute atomic E-state index is 0.0259. The number of hydrogen-bond acceptors (Lipinski definition) is 10. The summed E-state index contributed by atoms with van der Waals surface area (Å²) in [6.45, 7) is 3.10. The highest BCUT2D eigenvalue weighted by Crippen LogP contribution is 2.38. The lowest BCUT2D eigenvalue weighted by atomic mass is 10.1. The van der Waals surface area contributed by atoms with Crippen molar-refractivity contribution in [1.29, 1.82) is 0 Å². The Morgan fingerprint density at radius 3 is 2.36 bits per heavy atom. The molecule has 0 saturated heterocycles. The molecule has 3 aromatic heterocycles. The van der Waals surface area contributed by atoms with Crippen LogP contribution in [0.15, 0.2) is 79.1 Å². The summed E-state index contributed by atoms with van der Waals surface area (Å²) >= 11 is 0. The standard InChI is InChI=1S/C32H25N5O8/c1-18(28-25(36-13-5-12-33-36)10-11-27(35-28)44-15-14-43-19(2)38)45-26-17-21-16-20(32(41)42)8-9-24(21)34-29(26)37-30(39)22-6-3-4-7-23(22)31(37)40/h3-13,16-18H,14-15H2,1-2H3,(H,41,42). The van der Waals surface area contributed by atoms with E-state index < -0.39 is 29.9 Å². The number of pyridine rings is 2. The van der Waals surface area contributed by atoms with Crippen LogP contribution in [-0.2, 0) is 9.53 Å². The van der Waals surface area contributed by atoms with Crippen molar-refractivity contribution in [3.63, 3.8) is 0 Å². The van der Waals surface area contributed by atoms with Gasteiger partial charge in [0.25, 0.3) is 11.8 Å². The number of carbonyl (C=O) groups excluding carboxylic acids is 3. The highest BCUT2D eigenvalue weighted by atomic mass is 16.6. The van der Waals surface area contributed by atoms with Crippen LogP contribution in [0, 0.1) is 0 Å². The number of carbonyl (C=O) groups is 4. The number of aromatic carboxylic acids is 1. The van der Waals surface area contributed by atoms with E-state index in [1.54, 1.807) is 66.5 Å². The van der Waals surface area contributed by atoms with Crippen molar-refractivity contribution in [3.05, 3.63) is 102 Å². The largest absolute Gasteiger partial charge is 0.480 e. The second-order valence-corrected chi connectivity index (χ2v) is 9.97. The maximum absolute atomic E-state index is 13.5. The Bertz CT molecular complexity index is 1940. The number of hydrogen-bond donors (Lipinski definition) is 1. The Labute approximate surface area is 255 Å². The Hall–Kier alpha value is -6.11. The third-order valence-electron chi connectivity index (χ3n) is 6.97. The summed E-state index contributed by atoms with van der Waals surface area (Å²) in [5, 5.41) is 14.3. The van der Waals surface area contributed by atoms with Crippen molar-refractivity contribution in [1.82, 2.24) is 19.7 Å². The summed E-state index contributed by atoms with van der Waals surface area (Å²) in [5.41, 5.74) is 1.78. The van der Waals surface area contributed by atoms with Crippen LogP contribution in [0.1, 0.15) is 56.7 Å². The van der Waals surface area contributed by atoms with E-state index >= 15 is 0 Å². The smallest absolute Gasteiger partial charge is 0.335 e. The Kier molecular flexibility index (Phi) is 7.65. The molecule has 0 bridgehead atoms. The molecule has 1 aliphatic heterocycles. The van der Waals surface area contributed by atoms with Crippen LogP contribution in [0.3, 0.4) is 0 Å². The predicted octanol–water partition coefficient (Wildman–Crippen LogP) is 4.40. The van der Waals surface area contributed by atoms with Gasteiger partial charge in [-0.2, -0.15) is 5.10 Å². The average molecular weight is 608 g/mol. The lowest BCUT2D eigenvalue weighted by molar-refractivity contribution is -0.141. The Balaban J connectivity index is 1.42. The molecule has 1 unspecified atom stereocenters. The molecule has 0 fully saturated rings. The zero-order valence-corrected chi connectivity index (χ0v) is 24.0. The number of aromatic nitrogens is 4. The molecule has 13 heteroatoms. The average Bonchev–Trinajstić information content (AvgIpc) is 3.65. The van der Waals surface area contributed by atoms with Gasteiger partial charge >= 0.3 is 11.9 Å². The molecule has 1 aliphatic rings. The summed E-state index contributed by atoms with van der Waals surface area (Å²) in [6.07, 6.45) is 2.49. The van der Waals surface area contributed by atoms with Crippen LogP contribution in [-0.4, -0.2) is 61.8 Å². The number of rotatable bonds is 10. The van der Waals surface area contributed by atoms with E-state index in [1.807, 2.05) is 0 Å². The molecule has 226 valence electrons. The van der Waals surface area contributed by atoms with Crippen molar-refractivity contribution in [2.75, 3.05) is 18.1 Å². The first kappa shape index (κ1) is 29.0. The fourth-order valence-corrected chi connectivity index (χ4v) is 4.92. The second-order valence-electron chi connectivity index (χ2n) is 9.97. The molecule has 1 N–H and O–H groups in total. The summed E-state index contributed by atoms with van der Waals surface area (Å²) in [6, 6.07) is 17.4. The molecule has 6 rings (SSSR count). The minimum atomic E-state index is -1.13. The van der Waals surface area contributed by atoms with E-state index in [1.165, 1.54) is 31.2 Å². The van der Waals surface area contributed by atoms with Gasteiger partial charge in [-0.3, -0.25) is 14.4 Å². The van der Waals surface area contributed by atoms with Gasteiger partial charge in [0.15, 0.2) is 11.6 Å². The number of carboxylic acid groups (broad SMARTS) is 1. The molecule has 1 atom stereocenters. The van der Waals surface area contributed by atoms with Gasteiger partial charge in [0, 0.05) is 30.8 Å². The molecule has 0 spiro atoms. The number of nitrogens with zero attached hydrogens (tertiary/aromatic N) is 5. The number of benzene rings is 2. The van der Waals surface area contributed by atoms with Crippen LogP contribution in [0.5, 0.6) is 11.6 Å². The van der Waals surface area contributed by atoms with Gasteiger partial charge in [0.05, 0.1) is 27.9 Å². The van der Waals surface area contributed by atoms with Crippen molar-refractivity contribution in [2.24, 2.45) is 0 Å². The lowest BCUT2D eigenvalue weighted by Crippen LogP contribution is -2.31. The summed E-state index contributed by atoms with van der Waals surface area (Å²) in [5.74, 6) is -2.49. The molecule has 0 radical (unpaired) electrons. The second kappa shape index (κ2) is 11.9. The van der Waals surface area contributed by atoms with Crippen LogP contribution < -0.4 is 14.4 Å². The summed E-state index contributed by atoms with van der Waals surface area (Å²) < 4.78 is 18.6. The molecular weight excluding hydrogens is 582 g/mol. The van der Waals surface area contributed by atoms with Gasteiger partial charge in [0.2, 0.25) is 5.88 Å². The number of carboxylic acids is 1. The lowest BCUT2D eigenvalue weighted by Gasteiger charge is -2.22. The number of fused-ring (bicyclic) bond motifs is 2. The van der Waals surface area contributed by atoms with Gasteiger partial charge < -0.3 is 19.3 Å². The Morgan fingerprint density at radius 2 is 1.69 bits per heavy atom. The van der Waals surface area contributed by atoms with E-state index in [0.29, 0.717) is 22.3 Å². The number of esters is 1. The number of imide groups is 1. The predicted molar refractivity (Wildman–Crippen MR) is 159 cm³/mol. The number of amides is 2. The van der Waals surface area contributed by atoms with E-state index in [2.05, 4.69) is 15.1 Å². The highest BCUT2D eigenvalue weighted by molar-refractivity contribution is 6.34. The van der Waals surface area contributed by atoms with Crippen molar-refractivity contribution in [2.45, 2.75) is 20.0 Å². The third-order valence-corrected chi connectivity index (χ3v) is 6.97. The maximum Gasteiger partial charge on any atom is 0.335 e. The van der Waals surface area contributed by atoms with Crippen LogP contribution in [0.25, 0.3) is 16.6 Å². The normalized spacial score (nSPS) is 13.1. The molecule has 0 saturated carbocycles. The van der Waals surface area contributed by atoms with Crippen molar-refractivity contribution >= 4 is 40.5 Å². The van der Waals surface area contributed by atoms with Crippen LogP contribution in [0.4, 0.5) is 5.82 Å². The van der Waals surface area contributed by atoms with E-state index in [-0.39, 0.29) is 47.4 Å². The first-order chi connectivity index (χ1) is 21.7. The van der Waals surface area contributed by atoms with Crippen molar-refractivity contribution in [3.8, 4) is 17.3 Å². The first-order valence-corrected chi connectivity index (χ1v) is 13.8. The molecule has 5 aromatic rings. The van der Waals surface area contributed by atoms with Gasteiger partial charge in [0.1, 0.15) is 25.0 Å². The third kappa shape index (κ3) is 5.66. The van der Waals surface area contributed by atoms with Crippen LogP contribution in [0.2, 0.25) is 0 Å². The van der Waals surface area contributed by atoms with Crippen molar-refractivity contribution < 1.29 is 38.5 Å². The highest BCUT2D eigenvalue weighted by Gasteiger charge is 2.39. The van der Waals surface area contributed by atoms with Gasteiger partial charge in [-0.25, -0.2) is 24.3 Å². The minimum Gasteiger partial charge on any atom is -0.480 e. The molecule has 0 aliphatic carbocycles. The fourth-order valence-electron chi connectivity index (χ4n) is 4.92. The maximum atomic E-state index is 13.5. The van der Waals surface area contributed by atoms with E-state index in [4.69, 9.17) is 14.2 Å².